The molecule has 116 valence electrons. The number of hydrogen-bond acceptors (Lipinski definition) is 4. The molecule has 2 aromatic carbocycles. The molecule has 0 saturated carbocycles. The van der Waals surface area contributed by atoms with Crippen molar-refractivity contribution in [1.82, 2.24) is 5.32 Å². The van der Waals surface area contributed by atoms with Crippen LogP contribution in [0.4, 0.5) is 5.69 Å². The number of ether oxygens (including phenoxy) is 1. The minimum atomic E-state index is -0.410. The molecule has 0 fully saturated rings. The van der Waals surface area contributed by atoms with E-state index < -0.39 is 5.91 Å². The number of nitrogens with one attached hydrogen (secondary N) is 2. The summed E-state index contributed by atoms with van der Waals surface area (Å²) in [4.78, 5) is 11.8. The molecule has 0 bridgehead atoms. The van der Waals surface area contributed by atoms with Crippen molar-refractivity contribution in [2.45, 2.75) is 0 Å². The highest BCUT2D eigenvalue weighted by Gasteiger charge is 2.08. The average Bonchev–Trinajstić information content (AvgIpc) is 2.54. The van der Waals surface area contributed by atoms with Crippen molar-refractivity contribution in [3.8, 4) is 11.8 Å². The molecule has 0 spiro atoms. The van der Waals surface area contributed by atoms with E-state index in [1.165, 1.54) is 0 Å². The van der Waals surface area contributed by atoms with Gasteiger partial charge in [-0.3, -0.25) is 10.1 Å². The quantitative estimate of drug-likeness (QED) is 0.833. The Morgan fingerprint density at radius 3 is 2.61 bits per heavy atom. The third-order valence-corrected chi connectivity index (χ3v) is 3.19. The molecule has 7 heteroatoms. The number of thiocarbonyl (C=S) groups is 1. The Bertz CT molecular complexity index is 757. The number of carbonyl (C=O) groups is 1. The van der Waals surface area contributed by atoms with Crippen molar-refractivity contribution in [2.75, 3.05) is 11.9 Å². The fourth-order valence-corrected chi connectivity index (χ4v) is 2.04. The molecule has 0 aliphatic carbocycles. The van der Waals surface area contributed by atoms with Crippen LogP contribution in [0.2, 0.25) is 5.02 Å². The van der Waals surface area contributed by atoms with Gasteiger partial charge in [0.05, 0.1) is 11.3 Å². The summed E-state index contributed by atoms with van der Waals surface area (Å²) in [5.41, 5.74) is 0.959. The van der Waals surface area contributed by atoms with Crippen LogP contribution in [0, 0.1) is 11.3 Å². The van der Waals surface area contributed by atoms with E-state index in [2.05, 4.69) is 10.6 Å². The van der Waals surface area contributed by atoms with Crippen LogP contribution in [0.25, 0.3) is 0 Å². The van der Waals surface area contributed by atoms with Crippen molar-refractivity contribution in [3.05, 3.63) is 59.1 Å². The average molecular weight is 346 g/mol. The maximum Gasteiger partial charge on any atom is 0.264 e. The van der Waals surface area contributed by atoms with Crippen molar-refractivity contribution >= 4 is 40.5 Å². The molecular weight excluding hydrogens is 334 g/mol. The van der Waals surface area contributed by atoms with Crippen LogP contribution in [-0.4, -0.2) is 17.6 Å². The summed E-state index contributed by atoms with van der Waals surface area (Å²) in [5, 5.41) is 15.0. The summed E-state index contributed by atoms with van der Waals surface area (Å²) < 4.78 is 5.31. The minimum absolute atomic E-state index is 0.0948. The van der Waals surface area contributed by atoms with E-state index in [1.54, 1.807) is 48.5 Å². The largest absolute Gasteiger partial charge is 0.484 e. The van der Waals surface area contributed by atoms with Crippen molar-refractivity contribution < 1.29 is 9.53 Å². The van der Waals surface area contributed by atoms with E-state index in [9.17, 15) is 4.79 Å². The van der Waals surface area contributed by atoms with E-state index in [1.807, 2.05) is 6.07 Å². The van der Waals surface area contributed by atoms with Gasteiger partial charge in [0.15, 0.2) is 11.7 Å². The Hall–Kier alpha value is -2.62. The Balaban J connectivity index is 1.84. The van der Waals surface area contributed by atoms with E-state index in [-0.39, 0.29) is 11.7 Å². The van der Waals surface area contributed by atoms with Gasteiger partial charge >= 0.3 is 0 Å². The molecule has 0 heterocycles. The summed E-state index contributed by atoms with van der Waals surface area (Å²) >= 11 is 10.8. The Morgan fingerprint density at radius 2 is 1.91 bits per heavy atom. The van der Waals surface area contributed by atoms with Gasteiger partial charge in [0.25, 0.3) is 5.91 Å². The number of para-hydroxylation sites is 1. The molecule has 1 amide bonds. The van der Waals surface area contributed by atoms with Crippen molar-refractivity contribution in [2.24, 2.45) is 0 Å². The summed E-state index contributed by atoms with van der Waals surface area (Å²) in [5.74, 6) is 0.116. The molecule has 0 radical (unpaired) electrons. The standard InChI is InChI=1S/C16H12ClN3O2S/c17-12-5-7-13(8-6-12)22-10-15(21)20-16(23)19-14-4-2-1-3-11(14)9-18/h1-8H,10H2,(H2,19,20,21,23). The van der Waals surface area contributed by atoms with Gasteiger partial charge in [-0.05, 0) is 48.6 Å². The predicted molar refractivity (Wildman–Crippen MR) is 92.5 cm³/mol. The maximum absolute atomic E-state index is 11.8. The number of halogens is 1. The first-order valence-electron chi connectivity index (χ1n) is 6.57. The summed E-state index contributed by atoms with van der Waals surface area (Å²) in [7, 11) is 0. The lowest BCUT2D eigenvalue weighted by Crippen LogP contribution is -2.37. The smallest absolute Gasteiger partial charge is 0.264 e. The normalized spacial score (nSPS) is 9.57. The number of hydrogen-bond donors (Lipinski definition) is 2. The van der Waals surface area contributed by atoms with Gasteiger partial charge < -0.3 is 10.1 Å². The van der Waals surface area contributed by atoms with Gasteiger partial charge in [0.1, 0.15) is 11.8 Å². The topological polar surface area (TPSA) is 74.2 Å². The van der Waals surface area contributed by atoms with Gasteiger partial charge in [-0.25, -0.2) is 0 Å². The van der Waals surface area contributed by atoms with Crippen LogP contribution < -0.4 is 15.4 Å². The van der Waals surface area contributed by atoms with Gasteiger partial charge in [-0.2, -0.15) is 5.26 Å². The first-order chi connectivity index (χ1) is 11.1. The molecule has 0 aromatic heterocycles. The molecule has 23 heavy (non-hydrogen) atoms. The number of nitrogens with zero attached hydrogens (tertiary/aromatic N) is 1. The lowest BCUT2D eigenvalue weighted by molar-refractivity contribution is -0.121. The molecule has 2 N–H and O–H groups in total. The second kappa shape index (κ2) is 8.13. The second-order valence-electron chi connectivity index (χ2n) is 4.40. The summed E-state index contributed by atoms with van der Waals surface area (Å²) in [6.45, 7) is -0.191. The van der Waals surface area contributed by atoms with Gasteiger partial charge in [0, 0.05) is 5.02 Å². The van der Waals surface area contributed by atoms with E-state index in [4.69, 9.17) is 33.8 Å². The predicted octanol–water partition coefficient (Wildman–Crippen LogP) is 3.10. The maximum atomic E-state index is 11.8. The van der Waals surface area contributed by atoms with Gasteiger partial charge in [-0.15, -0.1) is 0 Å². The SMILES string of the molecule is N#Cc1ccccc1NC(=S)NC(=O)COc1ccc(Cl)cc1. The van der Waals surface area contributed by atoms with E-state index >= 15 is 0 Å². The third kappa shape index (κ3) is 5.25. The Morgan fingerprint density at radius 1 is 1.22 bits per heavy atom. The third-order valence-electron chi connectivity index (χ3n) is 2.73. The first kappa shape index (κ1) is 16.7. The Labute approximate surface area is 143 Å². The van der Waals surface area contributed by atoms with E-state index in [0.29, 0.717) is 22.0 Å². The molecular formula is C16H12ClN3O2S. The molecule has 2 rings (SSSR count). The van der Waals surface area contributed by atoms with Crippen LogP contribution in [-0.2, 0) is 4.79 Å². The highest BCUT2D eigenvalue weighted by molar-refractivity contribution is 7.80. The summed E-state index contributed by atoms with van der Waals surface area (Å²) in [6.07, 6.45) is 0. The van der Waals surface area contributed by atoms with Gasteiger partial charge in [0.2, 0.25) is 0 Å². The van der Waals surface area contributed by atoms with E-state index in [0.717, 1.165) is 0 Å². The number of nitriles is 1. The molecule has 2 aromatic rings. The monoisotopic (exact) mass is 345 g/mol. The number of benzene rings is 2. The fraction of sp³-hybridized carbons (Fsp3) is 0.0625. The van der Waals surface area contributed by atoms with Crippen LogP contribution >= 0.6 is 23.8 Å². The number of rotatable bonds is 4. The molecule has 0 saturated heterocycles. The zero-order valence-corrected chi connectivity index (χ0v) is 13.4. The van der Waals surface area contributed by atoms with Crippen molar-refractivity contribution in [3.63, 3.8) is 0 Å². The molecule has 5 nitrogen and oxygen atoms in total. The van der Waals surface area contributed by atoms with Crippen LogP contribution in [0.5, 0.6) is 5.75 Å². The number of anilines is 1. The van der Waals surface area contributed by atoms with Crippen LogP contribution in [0.15, 0.2) is 48.5 Å². The van der Waals surface area contributed by atoms with Gasteiger partial charge in [-0.1, -0.05) is 23.7 Å². The fourth-order valence-electron chi connectivity index (χ4n) is 1.69. The highest BCUT2D eigenvalue weighted by atomic mass is 35.5. The van der Waals surface area contributed by atoms with Crippen molar-refractivity contribution in [1.29, 1.82) is 5.26 Å². The minimum Gasteiger partial charge on any atom is -0.484 e. The molecule has 0 unspecified atom stereocenters. The zero-order chi connectivity index (χ0) is 16.7. The molecule has 0 aliphatic rings. The van der Waals surface area contributed by atoms with Crippen LogP contribution in [0.3, 0.4) is 0 Å². The number of amides is 1. The lowest BCUT2D eigenvalue weighted by atomic mass is 10.2. The number of carbonyl (C=O) groups excluding carboxylic acids is 1. The molecule has 0 aliphatic heterocycles. The second-order valence-corrected chi connectivity index (χ2v) is 5.25. The first-order valence-corrected chi connectivity index (χ1v) is 7.35. The molecule has 0 atom stereocenters. The lowest BCUT2D eigenvalue weighted by Gasteiger charge is -2.11. The zero-order valence-electron chi connectivity index (χ0n) is 11.9. The summed E-state index contributed by atoms with van der Waals surface area (Å²) in [6, 6.07) is 15.5. The Kier molecular flexibility index (Phi) is 5.92. The van der Waals surface area contributed by atoms with Crippen LogP contribution in [0.1, 0.15) is 5.56 Å². The highest BCUT2D eigenvalue weighted by Crippen LogP contribution is 2.15.